The maximum atomic E-state index is 13.9. The molecule has 5 rings (SSSR count). The summed E-state index contributed by atoms with van der Waals surface area (Å²) >= 11 is 0. The number of nitrogens with two attached hydrogens (primary N) is 2. The third-order valence-electron chi connectivity index (χ3n) is 12.1. The second kappa shape index (κ2) is 30.8. The van der Waals surface area contributed by atoms with Crippen molar-refractivity contribution in [2.24, 2.45) is 28.5 Å². The van der Waals surface area contributed by atoms with Gasteiger partial charge in [0, 0.05) is 36.5 Å². The molecule has 8 heteroatoms. The van der Waals surface area contributed by atoms with Crippen molar-refractivity contribution in [1.82, 2.24) is 5.32 Å². The summed E-state index contributed by atoms with van der Waals surface area (Å²) in [6, 6.07) is 2.82. The number of carboxylic acids is 1. The number of alkyl halides is 1. The summed E-state index contributed by atoms with van der Waals surface area (Å²) in [6.07, 6.45) is 40.8. The van der Waals surface area contributed by atoms with Crippen LogP contribution < -0.4 is 16.8 Å². The predicted octanol–water partition coefficient (Wildman–Crippen LogP) is 11.5. The van der Waals surface area contributed by atoms with Crippen LogP contribution in [0.5, 0.6) is 0 Å². The summed E-state index contributed by atoms with van der Waals surface area (Å²) in [7, 11) is 0. The standard InChI is InChI=1S/C20H34FNO3.C12H23N.2C6H13N/c1-2-3-6-9-17(21)14-12-16-13-15-19(22-25)18(16)10-7-4-5-8-11-20(23)24;1-3-7-11(8-4-1)13-12-9-5-2-6-10-12;2*7-6-4-2-1-3-5-6/h12,14,16-18,25H,2-11,13,15H2,1H3,(H,23,24);11-13H,1-10H2;2*6H,1-5,7H2/b14-12+,22-19+;;;/t16-,17?,18+;;;/m0.../s1. The molecule has 0 radical (unpaired) electrons. The Hall–Kier alpha value is -1.51. The molecule has 5 saturated carbocycles. The van der Waals surface area contributed by atoms with E-state index in [9.17, 15) is 14.4 Å². The van der Waals surface area contributed by atoms with Gasteiger partial charge in [0.25, 0.3) is 0 Å². The Balaban J connectivity index is 0.000000282. The molecule has 0 saturated heterocycles. The topological polar surface area (TPSA) is 134 Å². The van der Waals surface area contributed by atoms with Gasteiger partial charge in [-0.1, -0.05) is 140 Å². The average Bonchev–Trinajstić information content (AvgIpc) is 3.56. The summed E-state index contributed by atoms with van der Waals surface area (Å²) < 4.78 is 13.9. The molecular formula is C44H83FN4O3. The monoisotopic (exact) mass is 735 g/mol. The minimum absolute atomic E-state index is 0.198. The number of unbranched alkanes of at least 4 members (excludes halogenated alkanes) is 5. The molecule has 5 aliphatic rings. The zero-order valence-corrected chi connectivity index (χ0v) is 33.6. The second-order valence-corrected chi connectivity index (χ2v) is 16.8. The van der Waals surface area contributed by atoms with Crippen LogP contribution in [0.25, 0.3) is 0 Å². The van der Waals surface area contributed by atoms with Gasteiger partial charge in [0.15, 0.2) is 0 Å². The number of allylic oxidation sites excluding steroid dienone is 2. The Bertz CT molecular complexity index is 877. The molecule has 0 spiro atoms. The Morgan fingerprint density at radius 3 is 1.69 bits per heavy atom. The molecule has 0 aliphatic heterocycles. The number of rotatable bonds is 15. The number of hydrogen-bond donors (Lipinski definition) is 5. The molecule has 5 fully saturated rings. The molecule has 5 aliphatic carbocycles. The Labute approximate surface area is 319 Å². The quantitative estimate of drug-likeness (QED) is 0.0492. The van der Waals surface area contributed by atoms with Gasteiger partial charge in [-0.25, -0.2) is 4.39 Å². The zero-order chi connectivity index (χ0) is 37.7. The largest absolute Gasteiger partial charge is 0.481 e. The lowest BCUT2D eigenvalue weighted by Crippen LogP contribution is -2.40. The van der Waals surface area contributed by atoms with E-state index in [1.54, 1.807) is 6.08 Å². The van der Waals surface area contributed by atoms with Crippen LogP contribution in [0.2, 0.25) is 0 Å². The first-order valence-corrected chi connectivity index (χ1v) is 22.3. The lowest BCUT2D eigenvalue weighted by atomic mass is 9.89. The third-order valence-corrected chi connectivity index (χ3v) is 12.1. The van der Waals surface area contributed by atoms with Gasteiger partial charge in [0.2, 0.25) is 0 Å². The SMILES string of the molecule is C1CCC(NC2CCCCC2)CC1.CCCCCC(F)/C=C/[C@H]1CC/C(=N\O)[C@@H]1CCCCCCC(=O)O.NC1CCCCC1.NC1CCCCC1. The number of carboxylic acid groups (broad SMARTS) is 1. The lowest BCUT2D eigenvalue weighted by molar-refractivity contribution is -0.137. The summed E-state index contributed by atoms with van der Waals surface area (Å²) in [4.78, 5) is 10.5. The van der Waals surface area contributed by atoms with Crippen molar-refractivity contribution in [3.63, 3.8) is 0 Å². The molecular weight excluding hydrogens is 652 g/mol. The van der Waals surface area contributed by atoms with Gasteiger partial charge < -0.3 is 27.1 Å². The summed E-state index contributed by atoms with van der Waals surface area (Å²) in [5.41, 5.74) is 12.1. The van der Waals surface area contributed by atoms with Crippen molar-refractivity contribution in [3.05, 3.63) is 12.2 Å². The first kappa shape index (κ1) is 46.6. The van der Waals surface area contributed by atoms with Crippen LogP contribution in [0.4, 0.5) is 4.39 Å². The molecule has 0 heterocycles. The highest BCUT2D eigenvalue weighted by molar-refractivity contribution is 5.88. The van der Waals surface area contributed by atoms with Crippen LogP contribution in [0.15, 0.2) is 17.3 Å². The maximum Gasteiger partial charge on any atom is 0.303 e. The number of nitrogens with zero attached hydrogens (tertiary/aromatic N) is 1. The Morgan fingerprint density at radius 1 is 0.750 bits per heavy atom. The molecule has 1 unspecified atom stereocenters. The van der Waals surface area contributed by atoms with Crippen molar-refractivity contribution in [2.75, 3.05) is 0 Å². The molecule has 7 nitrogen and oxygen atoms in total. The fourth-order valence-electron chi connectivity index (χ4n) is 8.77. The molecule has 7 N–H and O–H groups in total. The highest BCUT2D eigenvalue weighted by Gasteiger charge is 2.31. The first-order valence-electron chi connectivity index (χ1n) is 22.3. The number of hydrogen-bond acceptors (Lipinski definition) is 6. The number of oxime groups is 1. The van der Waals surface area contributed by atoms with Crippen LogP contribution in [0.3, 0.4) is 0 Å². The van der Waals surface area contributed by atoms with E-state index < -0.39 is 12.1 Å². The van der Waals surface area contributed by atoms with E-state index in [0.29, 0.717) is 24.9 Å². The minimum Gasteiger partial charge on any atom is -0.481 e. The van der Waals surface area contributed by atoms with E-state index in [2.05, 4.69) is 17.4 Å². The van der Waals surface area contributed by atoms with Crippen molar-refractivity contribution in [1.29, 1.82) is 0 Å². The van der Waals surface area contributed by atoms with Gasteiger partial charge in [-0.3, -0.25) is 4.79 Å². The van der Waals surface area contributed by atoms with E-state index in [1.165, 1.54) is 128 Å². The summed E-state index contributed by atoms with van der Waals surface area (Å²) in [5, 5.41) is 25.1. The summed E-state index contributed by atoms with van der Waals surface area (Å²) in [6.45, 7) is 2.11. The van der Waals surface area contributed by atoms with Gasteiger partial charge in [-0.05, 0) is 89.4 Å². The van der Waals surface area contributed by atoms with Crippen LogP contribution in [0, 0.1) is 11.8 Å². The number of carbonyl (C=O) groups is 1. The normalized spacial score (nSPS) is 25.0. The number of aliphatic carboxylic acids is 1. The smallest absolute Gasteiger partial charge is 0.303 e. The molecule has 3 atom stereocenters. The first-order chi connectivity index (χ1) is 25.3. The number of nitrogens with one attached hydrogen (secondary N) is 1. The summed E-state index contributed by atoms with van der Waals surface area (Å²) in [5.74, 6) is -0.284. The second-order valence-electron chi connectivity index (χ2n) is 16.8. The van der Waals surface area contributed by atoms with Crippen molar-refractivity contribution in [2.45, 2.75) is 243 Å². The molecule has 304 valence electrons. The van der Waals surface area contributed by atoms with Gasteiger partial charge in [0.05, 0.1) is 5.71 Å². The molecule has 52 heavy (non-hydrogen) atoms. The maximum absolute atomic E-state index is 13.9. The fourth-order valence-corrected chi connectivity index (χ4v) is 8.77. The molecule has 0 aromatic rings. The minimum atomic E-state index is -0.877. The molecule has 0 bridgehead atoms. The van der Waals surface area contributed by atoms with Crippen molar-refractivity contribution < 1.29 is 19.5 Å². The van der Waals surface area contributed by atoms with Gasteiger partial charge in [0.1, 0.15) is 6.17 Å². The predicted molar refractivity (Wildman–Crippen MR) is 218 cm³/mol. The third kappa shape index (κ3) is 23.3. The van der Waals surface area contributed by atoms with Crippen molar-refractivity contribution in [3.8, 4) is 0 Å². The highest BCUT2D eigenvalue weighted by atomic mass is 19.1. The molecule has 0 aromatic carbocycles. The van der Waals surface area contributed by atoms with E-state index >= 15 is 0 Å². The zero-order valence-electron chi connectivity index (χ0n) is 33.6. The molecule has 0 amide bonds. The van der Waals surface area contributed by atoms with Crippen molar-refractivity contribution >= 4 is 11.7 Å². The number of halogens is 1. The van der Waals surface area contributed by atoms with E-state index in [4.69, 9.17) is 16.6 Å². The molecule has 0 aromatic heterocycles. The highest BCUT2D eigenvalue weighted by Crippen LogP contribution is 2.35. The van der Waals surface area contributed by atoms with E-state index in [-0.39, 0.29) is 18.3 Å². The van der Waals surface area contributed by atoms with Crippen LogP contribution in [0.1, 0.15) is 212 Å². The van der Waals surface area contributed by atoms with Crippen LogP contribution in [-0.2, 0) is 4.79 Å². The van der Waals surface area contributed by atoms with Gasteiger partial charge in [-0.2, -0.15) is 0 Å². The van der Waals surface area contributed by atoms with E-state index in [0.717, 1.165) is 75.6 Å². The lowest BCUT2D eigenvalue weighted by Gasteiger charge is -2.30. The van der Waals surface area contributed by atoms with Crippen LogP contribution >= 0.6 is 0 Å². The Kier molecular flexibility index (Phi) is 27.6. The van der Waals surface area contributed by atoms with Crippen LogP contribution in [-0.4, -0.2) is 52.3 Å². The van der Waals surface area contributed by atoms with Gasteiger partial charge in [-0.15, -0.1) is 0 Å². The average molecular weight is 735 g/mol. The fraction of sp³-hybridized carbons (Fsp3) is 0.909. The van der Waals surface area contributed by atoms with E-state index in [1.807, 2.05) is 6.08 Å². The Morgan fingerprint density at radius 2 is 1.25 bits per heavy atom. The van der Waals surface area contributed by atoms with Gasteiger partial charge >= 0.3 is 5.97 Å².